The predicted molar refractivity (Wildman–Crippen MR) is 107 cm³/mol. The molecule has 4 rings (SSSR count). The fourth-order valence-corrected chi connectivity index (χ4v) is 3.89. The molecule has 0 aliphatic carbocycles. The molecule has 2 aromatic heterocycles. The van der Waals surface area contributed by atoms with Crippen LogP contribution in [-0.2, 0) is 17.8 Å². The van der Waals surface area contributed by atoms with Gasteiger partial charge in [-0.05, 0) is 31.4 Å². The normalized spacial score (nSPS) is 14.7. The molecule has 1 aliphatic heterocycles. The van der Waals surface area contributed by atoms with Gasteiger partial charge in [0, 0.05) is 38.4 Å². The summed E-state index contributed by atoms with van der Waals surface area (Å²) in [4.78, 5) is 24.3. The smallest absolute Gasteiger partial charge is 0.209 e. The Morgan fingerprint density at radius 1 is 1.04 bits per heavy atom. The number of hydrogen-bond acceptors (Lipinski definition) is 4. The maximum atomic E-state index is 11.0. The van der Waals surface area contributed by atoms with Crippen molar-refractivity contribution in [2.45, 2.75) is 26.8 Å². The van der Waals surface area contributed by atoms with Gasteiger partial charge in [-0.3, -0.25) is 4.79 Å². The highest BCUT2D eigenvalue weighted by atomic mass is 16.1. The van der Waals surface area contributed by atoms with Crippen LogP contribution in [0.4, 0.5) is 5.82 Å². The van der Waals surface area contributed by atoms with Crippen molar-refractivity contribution in [1.29, 1.82) is 0 Å². The van der Waals surface area contributed by atoms with Gasteiger partial charge in [0.15, 0.2) is 0 Å². The van der Waals surface area contributed by atoms with Crippen LogP contribution in [0.15, 0.2) is 36.7 Å². The van der Waals surface area contributed by atoms with Gasteiger partial charge in [0.1, 0.15) is 17.8 Å². The number of carbonyl (C=O) groups excluding carboxylic acids is 1. The summed E-state index contributed by atoms with van der Waals surface area (Å²) in [5, 5.41) is 1.14. The van der Waals surface area contributed by atoms with E-state index in [2.05, 4.69) is 57.5 Å². The topological polar surface area (TPSA) is 54.3 Å². The first-order chi connectivity index (χ1) is 13.2. The van der Waals surface area contributed by atoms with E-state index in [1.807, 2.05) is 11.0 Å². The summed E-state index contributed by atoms with van der Waals surface area (Å²) < 4.78 is 2.31. The molecule has 6 nitrogen and oxygen atoms in total. The Bertz CT molecular complexity index is 942. The Morgan fingerprint density at radius 3 is 2.48 bits per heavy atom. The van der Waals surface area contributed by atoms with E-state index in [9.17, 15) is 4.79 Å². The maximum Gasteiger partial charge on any atom is 0.209 e. The van der Waals surface area contributed by atoms with E-state index < -0.39 is 0 Å². The number of amides is 1. The number of carbonyl (C=O) groups is 1. The van der Waals surface area contributed by atoms with Crippen LogP contribution in [0.5, 0.6) is 0 Å². The molecule has 1 fully saturated rings. The highest BCUT2D eigenvalue weighted by Crippen LogP contribution is 2.31. The predicted octanol–water partition coefficient (Wildman–Crippen LogP) is 2.57. The Labute approximate surface area is 159 Å². The minimum atomic E-state index is 0.738. The van der Waals surface area contributed by atoms with E-state index in [0.29, 0.717) is 0 Å². The molecule has 0 radical (unpaired) electrons. The van der Waals surface area contributed by atoms with Crippen molar-refractivity contribution >= 4 is 23.3 Å². The molecule has 0 saturated carbocycles. The summed E-state index contributed by atoms with van der Waals surface area (Å²) in [7, 11) is 0. The molecule has 1 aromatic carbocycles. The van der Waals surface area contributed by atoms with Crippen molar-refractivity contribution in [3.05, 3.63) is 53.5 Å². The lowest BCUT2D eigenvalue weighted by atomic mass is 10.1. The zero-order valence-electron chi connectivity index (χ0n) is 15.9. The average molecular weight is 363 g/mol. The highest BCUT2D eigenvalue weighted by molar-refractivity contribution is 5.92. The molecule has 1 amide bonds. The van der Waals surface area contributed by atoms with E-state index >= 15 is 0 Å². The van der Waals surface area contributed by atoms with E-state index in [0.717, 1.165) is 62.4 Å². The van der Waals surface area contributed by atoms with Crippen LogP contribution < -0.4 is 4.90 Å². The van der Waals surface area contributed by atoms with Crippen LogP contribution in [0.3, 0.4) is 0 Å². The number of aryl methyl sites for hydroxylation is 3. The second-order valence-corrected chi connectivity index (χ2v) is 7.12. The third-order valence-electron chi connectivity index (χ3n) is 5.62. The molecule has 0 atom stereocenters. The van der Waals surface area contributed by atoms with Gasteiger partial charge in [-0.2, -0.15) is 0 Å². The molecule has 0 bridgehead atoms. The van der Waals surface area contributed by atoms with Gasteiger partial charge in [-0.25, -0.2) is 9.97 Å². The molecule has 3 heterocycles. The lowest BCUT2D eigenvalue weighted by Crippen LogP contribution is -2.46. The summed E-state index contributed by atoms with van der Waals surface area (Å²) in [5.41, 5.74) is 4.82. The number of aromatic nitrogens is 3. The molecular formula is C21H25N5O. The summed E-state index contributed by atoms with van der Waals surface area (Å²) >= 11 is 0. The van der Waals surface area contributed by atoms with Gasteiger partial charge in [0.05, 0.1) is 5.39 Å². The molecule has 0 spiro atoms. The minimum absolute atomic E-state index is 0.738. The number of benzene rings is 1. The SMILES string of the molecule is Cc1c(C)n(CCc2ccccc2)c2ncnc(N3CCN(C=O)CC3)c12. The largest absolute Gasteiger partial charge is 0.352 e. The molecule has 1 aliphatic rings. The standard InChI is InChI=1S/C21H25N5O/c1-16-17(2)26(9-8-18-6-4-3-5-7-18)21-19(16)20(22-14-23-21)25-12-10-24(15-27)11-13-25/h3-7,14-15H,8-13H2,1-2H3. The van der Waals surface area contributed by atoms with Crippen molar-refractivity contribution in [2.75, 3.05) is 31.1 Å². The molecule has 6 heteroatoms. The summed E-state index contributed by atoms with van der Waals surface area (Å²) in [6.07, 6.45) is 3.58. The molecule has 1 saturated heterocycles. The Morgan fingerprint density at radius 2 is 1.78 bits per heavy atom. The van der Waals surface area contributed by atoms with Crippen LogP contribution in [0.2, 0.25) is 0 Å². The summed E-state index contributed by atoms with van der Waals surface area (Å²) in [5.74, 6) is 0.990. The molecule has 0 N–H and O–H groups in total. The number of hydrogen-bond donors (Lipinski definition) is 0. The van der Waals surface area contributed by atoms with Crippen molar-refractivity contribution in [3.8, 4) is 0 Å². The second-order valence-electron chi connectivity index (χ2n) is 7.12. The van der Waals surface area contributed by atoms with Gasteiger partial charge in [0.25, 0.3) is 0 Å². The zero-order valence-corrected chi connectivity index (χ0v) is 15.9. The Hall–Kier alpha value is -2.89. The number of fused-ring (bicyclic) bond motifs is 1. The van der Waals surface area contributed by atoms with Crippen LogP contribution in [0, 0.1) is 13.8 Å². The molecule has 3 aromatic rings. The summed E-state index contributed by atoms with van der Waals surface area (Å²) in [6, 6.07) is 10.6. The van der Waals surface area contributed by atoms with E-state index in [-0.39, 0.29) is 0 Å². The first-order valence-corrected chi connectivity index (χ1v) is 9.47. The number of rotatable bonds is 5. The van der Waals surface area contributed by atoms with Crippen LogP contribution in [0.1, 0.15) is 16.8 Å². The van der Waals surface area contributed by atoms with E-state index in [1.165, 1.54) is 16.8 Å². The first kappa shape index (κ1) is 17.5. The molecular weight excluding hydrogens is 338 g/mol. The van der Waals surface area contributed by atoms with Crippen molar-refractivity contribution in [2.24, 2.45) is 0 Å². The third kappa shape index (κ3) is 3.27. The van der Waals surface area contributed by atoms with Gasteiger partial charge in [-0.15, -0.1) is 0 Å². The molecule has 27 heavy (non-hydrogen) atoms. The van der Waals surface area contributed by atoms with Crippen LogP contribution in [-0.4, -0.2) is 52.0 Å². The summed E-state index contributed by atoms with van der Waals surface area (Å²) in [6.45, 7) is 8.30. The lowest BCUT2D eigenvalue weighted by molar-refractivity contribution is -0.118. The van der Waals surface area contributed by atoms with Gasteiger partial charge >= 0.3 is 0 Å². The lowest BCUT2D eigenvalue weighted by Gasteiger charge is -2.33. The average Bonchev–Trinajstić information content (AvgIpc) is 2.97. The minimum Gasteiger partial charge on any atom is -0.352 e. The van der Waals surface area contributed by atoms with E-state index in [1.54, 1.807) is 6.33 Å². The number of nitrogens with zero attached hydrogens (tertiary/aromatic N) is 5. The Balaban J connectivity index is 1.66. The van der Waals surface area contributed by atoms with E-state index in [4.69, 9.17) is 0 Å². The Kier molecular flexibility index (Phi) is 4.79. The maximum absolute atomic E-state index is 11.0. The molecule has 140 valence electrons. The number of anilines is 1. The first-order valence-electron chi connectivity index (χ1n) is 9.47. The van der Waals surface area contributed by atoms with Crippen molar-refractivity contribution < 1.29 is 4.79 Å². The van der Waals surface area contributed by atoms with Crippen molar-refractivity contribution in [1.82, 2.24) is 19.4 Å². The monoisotopic (exact) mass is 363 g/mol. The van der Waals surface area contributed by atoms with Gasteiger partial charge < -0.3 is 14.4 Å². The van der Waals surface area contributed by atoms with Gasteiger partial charge in [0.2, 0.25) is 6.41 Å². The fourth-order valence-electron chi connectivity index (χ4n) is 3.89. The fraction of sp³-hybridized carbons (Fsp3) is 0.381. The van der Waals surface area contributed by atoms with Crippen LogP contribution in [0.25, 0.3) is 11.0 Å². The highest BCUT2D eigenvalue weighted by Gasteiger charge is 2.23. The van der Waals surface area contributed by atoms with Crippen LogP contribution >= 0.6 is 0 Å². The second kappa shape index (κ2) is 7.39. The zero-order chi connectivity index (χ0) is 18.8. The third-order valence-corrected chi connectivity index (χ3v) is 5.62. The van der Waals surface area contributed by atoms with Crippen molar-refractivity contribution in [3.63, 3.8) is 0 Å². The number of piperazine rings is 1. The van der Waals surface area contributed by atoms with Gasteiger partial charge in [-0.1, -0.05) is 30.3 Å². The quantitative estimate of drug-likeness (QED) is 0.654. The molecule has 0 unspecified atom stereocenters.